The SMILES string of the molecule is CC(C)(C)CCCC(=O)N1CCc2c(n(Cc3cccc(F)c3)c3ccccc23)C1. The van der Waals surface area contributed by atoms with Crippen LogP contribution in [0.1, 0.15) is 56.9 Å². The van der Waals surface area contributed by atoms with Crippen LogP contribution in [0.3, 0.4) is 0 Å². The second kappa shape index (κ2) is 8.25. The zero-order valence-electron chi connectivity index (χ0n) is 18.2. The van der Waals surface area contributed by atoms with E-state index in [0.29, 0.717) is 19.5 Å². The Morgan fingerprint density at radius 3 is 2.67 bits per heavy atom. The number of nitrogens with zero attached hydrogens (tertiary/aromatic N) is 2. The number of carbonyl (C=O) groups is 1. The molecule has 0 atom stereocenters. The number of amides is 1. The van der Waals surface area contributed by atoms with E-state index >= 15 is 0 Å². The van der Waals surface area contributed by atoms with Gasteiger partial charge in [0, 0.05) is 36.1 Å². The number of benzene rings is 2. The maximum Gasteiger partial charge on any atom is 0.222 e. The highest BCUT2D eigenvalue weighted by molar-refractivity contribution is 5.86. The zero-order chi connectivity index (χ0) is 21.3. The lowest BCUT2D eigenvalue weighted by Gasteiger charge is -2.29. The molecule has 0 aliphatic carbocycles. The molecule has 0 saturated heterocycles. The van der Waals surface area contributed by atoms with Gasteiger partial charge in [0.05, 0.1) is 6.54 Å². The molecule has 2 heterocycles. The Morgan fingerprint density at radius 2 is 1.90 bits per heavy atom. The number of hydrogen-bond acceptors (Lipinski definition) is 1. The molecule has 1 aromatic heterocycles. The topological polar surface area (TPSA) is 25.2 Å². The Hall–Kier alpha value is -2.62. The highest BCUT2D eigenvalue weighted by Crippen LogP contribution is 2.32. The normalized spacial score (nSPS) is 14.2. The highest BCUT2D eigenvalue weighted by atomic mass is 19.1. The standard InChI is InChI=1S/C26H31FN2O/c1-26(2,3)14-7-12-25(30)28-15-13-22-21-10-4-5-11-23(21)29(24(22)18-28)17-19-8-6-9-20(27)16-19/h4-6,8-11,16H,7,12-15,17-18H2,1-3H3. The summed E-state index contributed by atoms with van der Waals surface area (Å²) < 4.78 is 16.0. The van der Waals surface area contributed by atoms with Crippen LogP contribution in [0.25, 0.3) is 10.9 Å². The maximum absolute atomic E-state index is 13.8. The molecule has 3 aromatic rings. The minimum absolute atomic E-state index is 0.214. The number of fused-ring (bicyclic) bond motifs is 3. The molecule has 0 radical (unpaired) electrons. The lowest BCUT2D eigenvalue weighted by molar-refractivity contribution is -0.132. The number of carbonyl (C=O) groups excluding carboxylic acids is 1. The molecule has 1 aliphatic heterocycles. The van der Waals surface area contributed by atoms with Crippen LogP contribution in [-0.4, -0.2) is 21.9 Å². The van der Waals surface area contributed by atoms with E-state index in [1.54, 1.807) is 12.1 Å². The molecule has 0 bridgehead atoms. The van der Waals surface area contributed by atoms with E-state index in [-0.39, 0.29) is 17.1 Å². The highest BCUT2D eigenvalue weighted by Gasteiger charge is 2.26. The van der Waals surface area contributed by atoms with Crippen molar-refractivity contribution in [3.05, 3.63) is 71.2 Å². The number of para-hydroxylation sites is 1. The molecule has 2 aromatic carbocycles. The molecule has 0 N–H and O–H groups in total. The van der Waals surface area contributed by atoms with E-state index in [1.165, 1.54) is 22.7 Å². The van der Waals surface area contributed by atoms with Crippen LogP contribution >= 0.6 is 0 Å². The van der Waals surface area contributed by atoms with Gasteiger partial charge in [-0.2, -0.15) is 0 Å². The fourth-order valence-corrected chi connectivity index (χ4v) is 4.53. The third-order valence-corrected chi connectivity index (χ3v) is 6.07. The largest absolute Gasteiger partial charge is 0.338 e. The van der Waals surface area contributed by atoms with E-state index in [1.807, 2.05) is 17.0 Å². The molecule has 0 unspecified atom stereocenters. The van der Waals surface area contributed by atoms with Gasteiger partial charge in [-0.1, -0.05) is 51.1 Å². The van der Waals surface area contributed by atoms with Crippen LogP contribution in [0.4, 0.5) is 4.39 Å². The minimum Gasteiger partial charge on any atom is -0.338 e. The third kappa shape index (κ3) is 4.43. The number of hydrogen-bond donors (Lipinski definition) is 0. The predicted octanol–water partition coefficient (Wildman–Crippen LogP) is 5.93. The average Bonchev–Trinajstić information content (AvgIpc) is 3.00. The summed E-state index contributed by atoms with van der Waals surface area (Å²) >= 11 is 0. The fourth-order valence-electron chi connectivity index (χ4n) is 4.53. The van der Waals surface area contributed by atoms with Gasteiger partial charge in [-0.15, -0.1) is 0 Å². The molecular weight excluding hydrogens is 375 g/mol. The molecule has 4 heteroatoms. The minimum atomic E-state index is -0.214. The monoisotopic (exact) mass is 406 g/mol. The van der Waals surface area contributed by atoms with Crippen molar-refractivity contribution in [3.8, 4) is 0 Å². The summed E-state index contributed by atoms with van der Waals surface area (Å²) in [5.74, 6) is 0.0287. The Kier molecular flexibility index (Phi) is 5.68. The smallest absolute Gasteiger partial charge is 0.222 e. The molecule has 1 amide bonds. The molecule has 0 spiro atoms. The molecule has 4 rings (SSSR count). The van der Waals surface area contributed by atoms with Crippen molar-refractivity contribution in [2.45, 2.75) is 59.5 Å². The molecule has 158 valence electrons. The van der Waals surface area contributed by atoms with Gasteiger partial charge in [-0.05, 0) is 54.0 Å². The molecule has 0 saturated carbocycles. The van der Waals surface area contributed by atoms with Crippen LogP contribution in [0.5, 0.6) is 0 Å². The van der Waals surface area contributed by atoms with Gasteiger partial charge in [0.2, 0.25) is 5.91 Å². The summed E-state index contributed by atoms with van der Waals surface area (Å²) in [6.45, 7) is 8.67. The second-order valence-corrected chi connectivity index (χ2v) is 9.64. The van der Waals surface area contributed by atoms with Crippen molar-refractivity contribution < 1.29 is 9.18 Å². The van der Waals surface area contributed by atoms with Crippen molar-refractivity contribution in [2.24, 2.45) is 5.41 Å². The first-order chi connectivity index (χ1) is 14.3. The molecule has 3 nitrogen and oxygen atoms in total. The summed E-state index contributed by atoms with van der Waals surface area (Å²) in [6, 6.07) is 15.2. The van der Waals surface area contributed by atoms with Gasteiger partial charge in [-0.3, -0.25) is 4.79 Å². The first kappa shape index (κ1) is 20.6. The van der Waals surface area contributed by atoms with Gasteiger partial charge < -0.3 is 9.47 Å². The molecule has 30 heavy (non-hydrogen) atoms. The van der Waals surface area contributed by atoms with Crippen molar-refractivity contribution in [3.63, 3.8) is 0 Å². The Bertz CT molecular complexity index is 1060. The zero-order valence-corrected chi connectivity index (χ0v) is 18.2. The van der Waals surface area contributed by atoms with E-state index < -0.39 is 0 Å². The fraction of sp³-hybridized carbons (Fsp3) is 0.423. The molecular formula is C26H31FN2O. The van der Waals surface area contributed by atoms with Gasteiger partial charge in [0.15, 0.2) is 0 Å². The summed E-state index contributed by atoms with van der Waals surface area (Å²) in [5.41, 5.74) is 4.88. The Balaban J connectivity index is 1.60. The van der Waals surface area contributed by atoms with Gasteiger partial charge >= 0.3 is 0 Å². The van der Waals surface area contributed by atoms with E-state index in [4.69, 9.17) is 0 Å². The summed E-state index contributed by atoms with van der Waals surface area (Å²) in [6.07, 6.45) is 3.46. The Morgan fingerprint density at radius 1 is 1.10 bits per heavy atom. The maximum atomic E-state index is 13.8. The van der Waals surface area contributed by atoms with Crippen LogP contribution in [0.2, 0.25) is 0 Å². The summed E-state index contributed by atoms with van der Waals surface area (Å²) in [5, 5.41) is 1.25. The first-order valence-corrected chi connectivity index (χ1v) is 10.9. The third-order valence-electron chi connectivity index (χ3n) is 6.07. The van der Waals surface area contributed by atoms with E-state index in [0.717, 1.165) is 36.9 Å². The van der Waals surface area contributed by atoms with Gasteiger partial charge in [0.25, 0.3) is 0 Å². The Labute approximate surface area is 178 Å². The van der Waals surface area contributed by atoms with Crippen molar-refractivity contribution in [2.75, 3.05) is 6.54 Å². The van der Waals surface area contributed by atoms with Crippen molar-refractivity contribution >= 4 is 16.8 Å². The molecule has 0 fully saturated rings. The first-order valence-electron chi connectivity index (χ1n) is 10.9. The van der Waals surface area contributed by atoms with Crippen LogP contribution in [0.15, 0.2) is 48.5 Å². The quantitative estimate of drug-likeness (QED) is 0.515. The van der Waals surface area contributed by atoms with E-state index in [9.17, 15) is 9.18 Å². The summed E-state index contributed by atoms with van der Waals surface area (Å²) in [4.78, 5) is 14.9. The van der Waals surface area contributed by atoms with E-state index in [2.05, 4.69) is 43.5 Å². The number of rotatable bonds is 5. The average molecular weight is 407 g/mol. The lowest BCUT2D eigenvalue weighted by atomic mass is 9.90. The second-order valence-electron chi connectivity index (χ2n) is 9.64. The van der Waals surface area contributed by atoms with Crippen LogP contribution in [0, 0.1) is 11.2 Å². The number of halogens is 1. The number of aromatic nitrogens is 1. The van der Waals surface area contributed by atoms with Crippen LogP contribution < -0.4 is 0 Å². The summed E-state index contributed by atoms with van der Waals surface area (Å²) in [7, 11) is 0. The van der Waals surface area contributed by atoms with Crippen molar-refractivity contribution in [1.82, 2.24) is 9.47 Å². The predicted molar refractivity (Wildman–Crippen MR) is 120 cm³/mol. The van der Waals surface area contributed by atoms with Gasteiger partial charge in [0.1, 0.15) is 5.82 Å². The van der Waals surface area contributed by atoms with Crippen LogP contribution in [-0.2, 0) is 24.3 Å². The van der Waals surface area contributed by atoms with Crippen molar-refractivity contribution in [1.29, 1.82) is 0 Å². The van der Waals surface area contributed by atoms with Gasteiger partial charge in [-0.25, -0.2) is 4.39 Å². The molecule has 1 aliphatic rings. The lowest BCUT2D eigenvalue weighted by Crippen LogP contribution is -2.36.